The van der Waals surface area contributed by atoms with Gasteiger partial charge in [-0.1, -0.05) is 6.07 Å². The number of methoxy groups -OCH3 is 2. The standard InChI is InChI=1S/C18H15N3O4/c1-9-6-14-16(18(22)21-9)15(11(8-19)17(20)25-14)10-4-5-12(23-2)13(7-10)24-3/h4-7,20H,1-3H3,(H,21,22). The summed E-state index contributed by atoms with van der Waals surface area (Å²) < 4.78 is 15.9. The van der Waals surface area contributed by atoms with Gasteiger partial charge in [0.1, 0.15) is 17.2 Å². The van der Waals surface area contributed by atoms with E-state index >= 15 is 0 Å². The van der Waals surface area contributed by atoms with Crippen molar-refractivity contribution in [3.63, 3.8) is 0 Å². The number of ether oxygens (including phenoxy) is 2. The first kappa shape index (κ1) is 16.3. The van der Waals surface area contributed by atoms with Crippen molar-refractivity contribution in [1.29, 1.82) is 10.7 Å². The lowest BCUT2D eigenvalue weighted by atomic mass is 9.97. The Morgan fingerprint density at radius 3 is 2.56 bits per heavy atom. The van der Waals surface area contributed by atoms with Crippen LogP contribution in [0.2, 0.25) is 0 Å². The number of nitrogens with zero attached hydrogens (tertiary/aromatic N) is 1. The molecule has 2 heterocycles. The molecule has 0 saturated carbocycles. The van der Waals surface area contributed by atoms with Crippen molar-refractivity contribution in [2.75, 3.05) is 14.2 Å². The SMILES string of the molecule is COc1ccc(-c2c(C#N)c(=N)oc3cc(C)[nH]c(=O)c23)cc1OC. The van der Waals surface area contributed by atoms with E-state index < -0.39 is 0 Å². The number of rotatable bonds is 3. The Bertz CT molecular complexity index is 1140. The van der Waals surface area contributed by atoms with Crippen molar-refractivity contribution in [1.82, 2.24) is 4.98 Å². The van der Waals surface area contributed by atoms with Gasteiger partial charge in [-0.15, -0.1) is 0 Å². The van der Waals surface area contributed by atoms with E-state index in [2.05, 4.69) is 4.98 Å². The number of aryl methyl sites for hydroxylation is 1. The molecule has 3 aromatic rings. The van der Waals surface area contributed by atoms with E-state index in [9.17, 15) is 10.1 Å². The summed E-state index contributed by atoms with van der Waals surface area (Å²) in [6.45, 7) is 1.72. The molecule has 0 aliphatic heterocycles. The molecule has 2 aromatic heterocycles. The second-order valence-corrected chi connectivity index (χ2v) is 5.38. The number of nitrogens with one attached hydrogen (secondary N) is 2. The summed E-state index contributed by atoms with van der Waals surface area (Å²) >= 11 is 0. The third-order valence-electron chi connectivity index (χ3n) is 3.85. The summed E-state index contributed by atoms with van der Waals surface area (Å²) in [4.78, 5) is 15.2. The Hall–Kier alpha value is -3.53. The van der Waals surface area contributed by atoms with Crippen LogP contribution in [0.25, 0.3) is 22.1 Å². The highest BCUT2D eigenvalue weighted by Gasteiger charge is 2.19. The molecule has 0 unspecified atom stereocenters. The number of benzene rings is 1. The molecule has 0 fully saturated rings. The average molecular weight is 337 g/mol. The fraction of sp³-hybridized carbons (Fsp3) is 0.167. The smallest absolute Gasteiger partial charge is 0.259 e. The lowest BCUT2D eigenvalue weighted by Crippen LogP contribution is -2.15. The Balaban J connectivity index is 2.49. The van der Waals surface area contributed by atoms with Gasteiger partial charge in [0.05, 0.1) is 19.6 Å². The minimum Gasteiger partial charge on any atom is -0.493 e. The fourth-order valence-electron chi connectivity index (χ4n) is 2.76. The largest absolute Gasteiger partial charge is 0.493 e. The fourth-order valence-corrected chi connectivity index (χ4v) is 2.76. The molecular weight excluding hydrogens is 322 g/mol. The van der Waals surface area contributed by atoms with E-state index in [1.54, 1.807) is 31.2 Å². The molecule has 0 amide bonds. The van der Waals surface area contributed by atoms with E-state index in [1.807, 2.05) is 6.07 Å². The normalized spacial score (nSPS) is 10.5. The van der Waals surface area contributed by atoms with Gasteiger partial charge < -0.3 is 18.9 Å². The van der Waals surface area contributed by atoms with Crippen LogP contribution in [0.1, 0.15) is 11.3 Å². The minimum absolute atomic E-state index is 0.0194. The zero-order valence-corrected chi connectivity index (χ0v) is 13.9. The van der Waals surface area contributed by atoms with Crippen molar-refractivity contribution in [2.24, 2.45) is 0 Å². The van der Waals surface area contributed by atoms with Crippen molar-refractivity contribution in [3.8, 4) is 28.7 Å². The molecule has 0 saturated heterocycles. The molecule has 0 bridgehead atoms. The van der Waals surface area contributed by atoms with Crippen LogP contribution in [0.15, 0.2) is 33.5 Å². The zero-order chi connectivity index (χ0) is 18.1. The van der Waals surface area contributed by atoms with Crippen LogP contribution in [0.3, 0.4) is 0 Å². The highest BCUT2D eigenvalue weighted by molar-refractivity contribution is 5.95. The summed E-state index contributed by atoms with van der Waals surface area (Å²) in [5, 5.41) is 17.7. The van der Waals surface area contributed by atoms with Crippen molar-refractivity contribution in [2.45, 2.75) is 6.92 Å². The van der Waals surface area contributed by atoms with Crippen LogP contribution in [0.5, 0.6) is 11.5 Å². The number of aromatic amines is 1. The molecule has 3 rings (SSSR count). The van der Waals surface area contributed by atoms with Crippen molar-refractivity contribution < 1.29 is 13.9 Å². The van der Waals surface area contributed by atoms with Crippen molar-refractivity contribution >= 4 is 11.0 Å². The first-order valence-corrected chi connectivity index (χ1v) is 7.38. The number of nitriles is 1. The van der Waals surface area contributed by atoms with Crippen LogP contribution >= 0.6 is 0 Å². The first-order valence-electron chi connectivity index (χ1n) is 7.38. The van der Waals surface area contributed by atoms with Crippen LogP contribution in [-0.4, -0.2) is 19.2 Å². The van der Waals surface area contributed by atoms with Gasteiger partial charge in [-0.3, -0.25) is 10.2 Å². The maximum Gasteiger partial charge on any atom is 0.259 e. The molecule has 0 aliphatic carbocycles. The Morgan fingerprint density at radius 1 is 1.20 bits per heavy atom. The van der Waals surface area contributed by atoms with Gasteiger partial charge in [0.15, 0.2) is 11.5 Å². The molecule has 126 valence electrons. The van der Waals surface area contributed by atoms with E-state index in [-0.39, 0.29) is 27.6 Å². The van der Waals surface area contributed by atoms with Gasteiger partial charge in [0.25, 0.3) is 5.56 Å². The molecule has 0 radical (unpaired) electrons. The number of hydrogen-bond acceptors (Lipinski definition) is 6. The van der Waals surface area contributed by atoms with Gasteiger partial charge in [0.2, 0.25) is 5.55 Å². The summed E-state index contributed by atoms with van der Waals surface area (Å²) in [6.07, 6.45) is 0. The summed E-state index contributed by atoms with van der Waals surface area (Å²) in [6, 6.07) is 8.62. The maximum absolute atomic E-state index is 12.5. The quantitative estimate of drug-likeness (QED) is 0.762. The lowest BCUT2D eigenvalue weighted by Gasteiger charge is -2.12. The van der Waals surface area contributed by atoms with Gasteiger partial charge >= 0.3 is 0 Å². The van der Waals surface area contributed by atoms with Gasteiger partial charge in [0, 0.05) is 17.3 Å². The average Bonchev–Trinajstić information content (AvgIpc) is 2.59. The molecule has 0 atom stereocenters. The number of H-pyrrole nitrogens is 1. The molecule has 0 spiro atoms. The highest BCUT2D eigenvalue weighted by atomic mass is 16.5. The molecule has 25 heavy (non-hydrogen) atoms. The molecule has 7 nitrogen and oxygen atoms in total. The van der Waals surface area contributed by atoms with E-state index in [0.717, 1.165) is 0 Å². The Kier molecular flexibility index (Phi) is 4.03. The summed E-state index contributed by atoms with van der Waals surface area (Å²) in [5.74, 6) is 0.971. The Morgan fingerprint density at radius 2 is 1.92 bits per heavy atom. The molecule has 0 aliphatic rings. The van der Waals surface area contributed by atoms with Crippen LogP contribution in [-0.2, 0) is 0 Å². The number of hydrogen-bond donors (Lipinski definition) is 2. The lowest BCUT2D eigenvalue weighted by molar-refractivity contribution is 0.355. The second kappa shape index (κ2) is 6.17. The number of aromatic nitrogens is 1. The third-order valence-corrected chi connectivity index (χ3v) is 3.85. The van der Waals surface area contributed by atoms with E-state index in [0.29, 0.717) is 28.3 Å². The second-order valence-electron chi connectivity index (χ2n) is 5.38. The first-order chi connectivity index (χ1) is 12.0. The topological polar surface area (TPSA) is 112 Å². The Labute approximate surface area is 142 Å². The van der Waals surface area contributed by atoms with Crippen molar-refractivity contribution in [3.05, 3.63) is 51.4 Å². The van der Waals surface area contributed by atoms with E-state index in [4.69, 9.17) is 19.3 Å². The maximum atomic E-state index is 12.5. The van der Waals surface area contributed by atoms with Gasteiger partial charge in [-0.05, 0) is 24.6 Å². The predicted molar refractivity (Wildman–Crippen MR) is 90.7 cm³/mol. The predicted octanol–water partition coefficient (Wildman–Crippen LogP) is 2.46. The summed E-state index contributed by atoms with van der Waals surface area (Å²) in [5.41, 5.74) is 1.02. The van der Waals surface area contributed by atoms with E-state index in [1.165, 1.54) is 14.2 Å². The van der Waals surface area contributed by atoms with Crippen LogP contribution in [0, 0.1) is 23.7 Å². The van der Waals surface area contributed by atoms with Crippen LogP contribution in [0.4, 0.5) is 0 Å². The number of pyridine rings is 1. The van der Waals surface area contributed by atoms with Gasteiger partial charge in [-0.25, -0.2) is 0 Å². The zero-order valence-electron chi connectivity index (χ0n) is 13.9. The molecular formula is C18H15N3O4. The van der Waals surface area contributed by atoms with Gasteiger partial charge in [-0.2, -0.15) is 5.26 Å². The van der Waals surface area contributed by atoms with Crippen LogP contribution < -0.4 is 20.6 Å². The highest BCUT2D eigenvalue weighted by Crippen LogP contribution is 2.35. The molecule has 2 N–H and O–H groups in total. The summed E-state index contributed by atoms with van der Waals surface area (Å²) in [7, 11) is 3.02. The monoisotopic (exact) mass is 337 g/mol. The third kappa shape index (κ3) is 2.64. The number of fused-ring (bicyclic) bond motifs is 1. The molecule has 7 heteroatoms. The minimum atomic E-state index is -0.389. The molecule has 1 aromatic carbocycles.